The molecule has 0 unspecified atom stereocenters. The van der Waals surface area contributed by atoms with Crippen molar-refractivity contribution in [1.29, 1.82) is 5.26 Å². The zero-order valence-corrected chi connectivity index (χ0v) is 35.3. The number of nitrogens with one attached hydrogen (secondary N) is 2. The first-order chi connectivity index (χ1) is 29.9. The van der Waals surface area contributed by atoms with Gasteiger partial charge in [0, 0.05) is 42.2 Å². The number of hydrogen-bond donors (Lipinski definition) is 2. The van der Waals surface area contributed by atoms with Gasteiger partial charge in [-0.2, -0.15) is 24.9 Å². The third-order valence-corrected chi connectivity index (χ3v) is 9.27. The Morgan fingerprint density at radius 2 is 1.69 bits per heavy atom. The molecule has 0 bridgehead atoms. The van der Waals surface area contributed by atoms with E-state index in [1.54, 1.807) is 85.5 Å². The second kappa shape index (κ2) is 20.1. The van der Waals surface area contributed by atoms with Gasteiger partial charge in [0.15, 0.2) is 11.6 Å². The number of nitrogens with zero attached hydrogens (tertiary/aromatic N) is 11. The minimum Gasteiger partial charge on any atom is -0.472 e. The van der Waals surface area contributed by atoms with Crippen molar-refractivity contribution in [2.45, 2.75) is 27.0 Å². The summed E-state index contributed by atoms with van der Waals surface area (Å²) in [7, 11) is 4.13. The summed E-state index contributed by atoms with van der Waals surface area (Å²) in [5.74, 6) is 0.436. The highest BCUT2D eigenvalue weighted by Crippen LogP contribution is 2.26. The highest BCUT2D eigenvalue weighted by Gasteiger charge is 2.24. The molecule has 7 rings (SSSR count). The fourth-order valence-electron chi connectivity index (χ4n) is 5.93. The van der Waals surface area contributed by atoms with Gasteiger partial charge in [-0.1, -0.05) is 41.4 Å². The molecule has 0 aliphatic heterocycles. The van der Waals surface area contributed by atoms with Gasteiger partial charge in [-0.05, 0) is 79.2 Å². The number of benzene rings is 3. The normalized spacial score (nSPS) is 10.5. The van der Waals surface area contributed by atoms with Crippen LogP contribution in [0.15, 0.2) is 97.3 Å². The lowest BCUT2D eigenvalue weighted by Gasteiger charge is -2.20. The van der Waals surface area contributed by atoms with Crippen molar-refractivity contribution in [2.24, 2.45) is 0 Å². The quantitative estimate of drug-likeness (QED) is 0.129. The first-order valence-electron chi connectivity index (χ1n) is 18.4. The molecular formula is C41H37Cl2N13O6. The van der Waals surface area contributed by atoms with E-state index in [4.69, 9.17) is 37.5 Å². The summed E-state index contributed by atoms with van der Waals surface area (Å²) in [6.45, 7) is 3.75. The number of carbonyl (C=O) groups is 3. The van der Waals surface area contributed by atoms with E-state index >= 15 is 0 Å². The Kier molecular flexibility index (Phi) is 14.2. The number of hydrogen-bond acceptors (Lipinski definition) is 13. The van der Waals surface area contributed by atoms with Crippen LogP contribution >= 0.6 is 23.2 Å². The number of pyridine rings is 1. The maximum Gasteiger partial charge on any atom is 0.438 e. The lowest BCUT2D eigenvalue weighted by molar-refractivity contribution is 0.0948. The molecule has 0 aliphatic rings. The maximum absolute atomic E-state index is 13.4. The van der Waals surface area contributed by atoms with Gasteiger partial charge in [-0.3, -0.25) is 14.4 Å². The number of rotatable bonds is 12. The van der Waals surface area contributed by atoms with E-state index < -0.39 is 17.9 Å². The number of aryl methyl sites for hydroxylation is 2. The molecule has 2 N–H and O–H groups in total. The number of aromatic nitrogens is 9. The number of nitriles is 1. The second-order valence-corrected chi connectivity index (χ2v) is 13.8. The lowest BCUT2D eigenvalue weighted by atomic mass is 9.97. The molecule has 3 aromatic carbocycles. The fourth-order valence-corrected chi connectivity index (χ4v) is 6.26. The van der Waals surface area contributed by atoms with Crippen molar-refractivity contribution in [3.05, 3.63) is 147 Å². The largest absolute Gasteiger partial charge is 0.472 e. The van der Waals surface area contributed by atoms with Gasteiger partial charge in [-0.15, -0.1) is 15.3 Å². The zero-order chi connectivity index (χ0) is 44.3. The average Bonchev–Trinajstić information content (AvgIpc) is 4.03. The molecule has 0 radical (unpaired) electrons. The van der Waals surface area contributed by atoms with Gasteiger partial charge in [-0.25, -0.2) is 14.5 Å². The van der Waals surface area contributed by atoms with Crippen molar-refractivity contribution in [3.8, 4) is 23.5 Å². The van der Waals surface area contributed by atoms with E-state index in [2.05, 4.69) is 41.2 Å². The first kappa shape index (κ1) is 43.9. The summed E-state index contributed by atoms with van der Waals surface area (Å²) < 4.78 is 13.6. The Balaban J connectivity index is 0.000000214. The van der Waals surface area contributed by atoms with Gasteiger partial charge in [0.25, 0.3) is 11.8 Å². The predicted molar refractivity (Wildman–Crippen MR) is 227 cm³/mol. The van der Waals surface area contributed by atoms with Crippen molar-refractivity contribution in [2.75, 3.05) is 31.6 Å². The van der Waals surface area contributed by atoms with Crippen molar-refractivity contribution < 1.29 is 28.7 Å². The molecule has 4 heterocycles. The highest BCUT2D eigenvalue weighted by molar-refractivity contribution is 6.32. The summed E-state index contributed by atoms with van der Waals surface area (Å²) in [5, 5.41) is 37.5. The van der Waals surface area contributed by atoms with E-state index in [0.29, 0.717) is 44.5 Å². The zero-order valence-electron chi connectivity index (χ0n) is 33.8. The predicted octanol–water partition coefficient (Wildman–Crippen LogP) is 6.29. The SMILES string of the molecule is CNC(=O)c1cc(C#N)cc(C)c1C(=O)Nc1cc(Cn2nnc(C)n2)nn1-c1ncccc1Cl.COC(=O)N(OC)c1ccccc1COc1ccn(-c2ccc(Cl)cc2)n1. The van der Waals surface area contributed by atoms with E-state index in [0.717, 1.165) is 16.3 Å². The maximum atomic E-state index is 13.4. The minimum absolute atomic E-state index is 0.0750. The summed E-state index contributed by atoms with van der Waals surface area (Å²) in [4.78, 5) is 48.5. The second-order valence-electron chi connectivity index (χ2n) is 12.9. The Bertz CT molecular complexity index is 2760. The van der Waals surface area contributed by atoms with Crippen molar-refractivity contribution in [3.63, 3.8) is 0 Å². The molecule has 0 saturated carbocycles. The van der Waals surface area contributed by atoms with Crippen LogP contribution in [0.4, 0.5) is 16.3 Å². The van der Waals surface area contributed by atoms with E-state index in [9.17, 15) is 19.6 Å². The summed E-state index contributed by atoms with van der Waals surface area (Å²) in [6, 6.07) is 26.1. The molecule has 62 heavy (non-hydrogen) atoms. The highest BCUT2D eigenvalue weighted by atomic mass is 35.5. The summed E-state index contributed by atoms with van der Waals surface area (Å²) in [5.41, 5.74) is 3.57. The molecule has 3 amide bonds. The third kappa shape index (κ3) is 10.4. The molecule has 0 fully saturated rings. The average molecular weight is 879 g/mol. The number of methoxy groups -OCH3 is 1. The fraction of sp³-hybridized carbons (Fsp3) is 0.171. The Morgan fingerprint density at radius 1 is 0.919 bits per heavy atom. The van der Waals surface area contributed by atoms with Gasteiger partial charge in [0.05, 0.1) is 59.1 Å². The molecule has 7 aromatic rings. The first-order valence-corrected chi connectivity index (χ1v) is 19.1. The summed E-state index contributed by atoms with van der Waals surface area (Å²) in [6.07, 6.45) is 2.71. The Morgan fingerprint density at radius 3 is 2.37 bits per heavy atom. The molecule has 0 spiro atoms. The Labute approximate surface area is 364 Å². The number of amides is 3. The van der Waals surface area contributed by atoms with Crippen LogP contribution in [0.25, 0.3) is 11.5 Å². The van der Waals surface area contributed by atoms with Crippen LogP contribution in [-0.4, -0.2) is 83.9 Å². The van der Waals surface area contributed by atoms with Gasteiger partial charge >= 0.3 is 6.09 Å². The Hall–Kier alpha value is -7.66. The van der Waals surface area contributed by atoms with Crippen LogP contribution < -0.4 is 20.4 Å². The number of hydroxylamine groups is 1. The number of carbonyl (C=O) groups excluding carboxylic acids is 3. The molecule has 0 atom stereocenters. The van der Waals surface area contributed by atoms with Crippen LogP contribution in [0.2, 0.25) is 10.0 Å². The molecule has 0 saturated heterocycles. The molecule has 316 valence electrons. The van der Waals surface area contributed by atoms with E-state index in [1.165, 1.54) is 36.8 Å². The van der Waals surface area contributed by atoms with Gasteiger partial charge in [0.1, 0.15) is 19.0 Å². The molecule has 0 aliphatic carbocycles. The van der Waals surface area contributed by atoms with Crippen molar-refractivity contribution >= 4 is 52.6 Å². The standard InChI is InChI=1S/C22H19ClN10O2.C19H18ClN3O4/c1-12-7-14(10-24)8-16(21(34)25-3)19(12)22(35)27-18-9-15(11-32-29-13(2)28-31-32)30-33(18)20-17(23)5-4-6-26-20;1-25-19(24)23(26-2)17-6-4-3-5-14(17)13-27-18-11-12-22(21-18)16-9-7-15(20)8-10-16/h4-9H,11H2,1-3H3,(H,25,34)(H,27,35);3-12H,13H2,1-2H3. The molecule has 4 aromatic heterocycles. The van der Waals surface area contributed by atoms with Crippen LogP contribution in [-0.2, 0) is 22.7 Å². The number of tetrazole rings is 1. The van der Waals surface area contributed by atoms with Crippen LogP contribution in [0.1, 0.15) is 48.9 Å². The van der Waals surface area contributed by atoms with Crippen LogP contribution in [0.5, 0.6) is 5.88 Å². The number of ether oxygens (including phenoxy) is 2. The number of para-hydroxylation sites is 1. The molecule has 21 heteroatoms. The van der Waals surface area contributed by atoms with Gasteiger partial charge < -0.3 is 20.1 Å². The smallest absolute Gasteiger partial charge is 0.438 e. The van der Waals surface area contributed by atoms with Crippen LogP contribution in [0, 0.1) is 25.2 Å². The molecule has 19 nitrogen and oxygen atoms in total. The third-order valence-electron chi connectivity index (χ3n) is 8.73. The number of anilines is 2. The molecular weight excluding hydrogens is 841 g/mol. The lowest BCUT2D eigenvalue weighted by Crippen LogP contribution is -2.30. The monoisotopic (exact) mass is 877 g/mol. The van der Waals surface area contributed by atoms with E-state index in [-0.39, 0.29) is 35.7 Å². The van der Waals surface area contributed by atoms with E-state index in [1.807, 2.05) is 30.3 Å². The van der Waals surface area contributed by atoms with Crippen molar-refractivity contribution in [1.82, 2.24) is 50.1 Å². The summed E-state index contributed by atoms with van der Waals surface area (Å²) >= 11 is 12.2. The van der Waals surface area contributed by atoms with Gasteiger partial charge in [0.2, 0.25) is 5.88 Å². The topological polar surface area (TPSA) is 222 Å². The van der Waals surface area contributed by atoms with Crippen LogP contribution in [0.3, 0.4) is 0 Å². The number of halogens is 2. The minimum atomic E-state index is -0.628.